The van der Waals surface area contributed by atoms with Crippen molar-refractivity contribution in [2.24, 2.45) is 0 Å². The Labute approximate surface area is 152 Å². The van der Waals surface area contributed by atoms with Crippen LogP contribution in [0.1, 0.15) is 18.1 Å². The van der Waals surface area contributed by atoms with Gasteiger partial charge in [-0.1, -0.05) is 36.3 Å². The summed E-state index contributed by atoms with van der Waals surface area (Å²) in [5, 5.41) is 2.94. The van der Waals surface area contributed by atoms with Crippen LogP contribution in [0.4, 0.5) is 14.5 Å². The average Bonchev–Trinajstić information content (AvgIpc) is 2.51. The number of rotatable bonds is 3. The molecule has 5 heteroatoms. The van der Waals surface area contributed by atoms with E-state index in [0.29, 0.717) is 5.56 Å². The third-order valence-corrected chi connectivity index (χ3v) is 4.24. The van der Waals surface area contributed by atoms with Crippen LogP contribution in [0.3, 0.4) is 0 Å². The van der Waals surface area contributed by atoms with Gasteiger partial charge in [0.1, 0.15) is 0 Å². The second kappa shape index (κ2) is 7.54. The molecule has 0 fully saturated rings. The van der Waals surface area contributed by atoms with Crippen LogP contribution in [0.5, 0.6) is 0 Å². The predicted octanol–water partition coefficient (Wildman–Crippen LogP) is 5.92. The summed E-state index contributed by atoms with van der Waals surface area (Å²) in [6.45, 7) is 0.929. The fourth-order valence-corrected chi connectivity index (χ4v) is 2.87. The van der Waals surface area contributed by atoms with Crippen molar-refractivity contribution < 1.29 is 8.78 Å². The molecule has 2 aromatic rings. The summed E-state index contributed by atoms with van der Waals surface area (Å²) in [5.74, 6) is 0.151. The Balaban J connectivity index is 2.65. The highest BCUT2D eigenvalue weighted by Crippen LogP contribution is 2.39. The van der Waals surface area contributed by atoms with E-state index >= 15 is 0 Å². The van der Waals surface area contributed by atoms with Crippen molar-refractivity contribution in [3.05, 3.63) is 53.6 Å². The summed E-state index contributed by atoms with van der Waals surface area (Å²) in [5.41, 5.74) is 3.09. The maximum absolute atomic E-state index is 13.9. The molecular formula is C18H16F2INS. The number of hydrogen-bond acceptors (Lipinski definition) is 2. The molecule has 120 valence electrons. The maximum atomic E-state index is 13.9. The minimum absolute atomic E-state index is 0.0322. The SMILES string of the molecule is CN(C)c1cc(C#CSI)ccc1-c1ccccc1C(C)(F)F. The zero-order valence-electron chi connectivity index (χ0n) is 13.0. The first-order valence-electron chi connectivity index (χ1n) is 6.92. The zero-order chi connectivity index (χ0) is 17.0. The first kappa shape index (κ1) is 18.1. The number of halogens is 3. The summed E-state index contributed by atoms with van der Waals surface area (Å²) in [7, 11) is 5.21. The molecular weight excluding hydrogens is 427 g/mol. The van der Waals surface area contributed by atoms with Gasteiger partial charge in [-0.3, -0.25) is 0 Å². The minimum atomic E-state index is -2.89. The molecule has 0 atom stereocenters. The van der Waals surface area contributed by atoms with Crippen LogP contribution in [-0.2, 0) is 5.92 Å². The van der Waals surface area contributed by atoms with E-state index in [1.54, 1.807) is 18.2 Å². The molecule has 0 aliphatic heterocycles. The summed E-state index contributed by atoms with van der Waals surface area (Å²) in [6, 6.07) is 12.3. The molecule has 0 aliphatic rings. The highest BCUT2D eigenvalue weighted by molar-refractivity contribution is 14.2. The van der Waals surface area contributed by atoms with E-state index in [0.717, 1.165) is 23.7 Å². The third kappa shape index (κ3) is 4.39. The molecule has 0 bridgehead atoms. The molecule has 0 unspecified atom stereocenters. The monoisotopic (exact) mass is 443 g/mol. The first-order chi connectivity index (χ1) is 10.8. The fourth-order valence-electron chi connectivity index (χ4n) is 2.39. The van der Waals surface area contributed by atoms with Crippen LogP contribution >= 0.6 is 30.1 Å². The lowest BCUT2D eigenvalue weighted by atomic mass is 9.94. The molecule has 0 heterocycles. The van der Waals surface area contributed by atoms with Crippen molar-refractivity contribution in [3.8, 4) is 22.3 Å². The Hall–Kier alpha value is -1.26. The normalized spacial score (nSPS) is 10.9. The van der Waals surface area contributed by atoms with Gasteiger partial charge in [0.15, 0.2) is 0 Å². The largest absolute Gasteiger partial charge is 0.377 e. The van der Waals surface area contributed by atoms with Gasteiger partial charge in [-0.25, -0.2) is 8.78 Å². The van der Waals surface area contributed by atoms with E-state index in [2.05, 4.69) is 32.4 Å². The van der Waals surface area contributed by atoms with Crippen molar-refractivity contribution in [1.29, 1.82) is 0 Å². The number of alkyl halides is 2. The summed E-state index contributed by atoms with van der Waals surface area (Å²) < 4.78 is 27.9. The van der Waals surface area contributed by atoms with Crippen molar-refractivity contribution in [2.45, 2.75) is 12.8 Å². The fraction of sp³-hybridized carbons (Fsp3) is 0.222. The van der Waals surface area contributed by atoms with Crippen molar-refractivity contribution in [3.63, 3.8) is 0 Å². The van der Waals surface area contributed by atoms with Crippen LogP contribution in [0.15, 0.2) is 42.5 Å². The van der Waals surface area contributed by atoms with Crippen LogP contribution in [0.25, 0.3) is 11.1 Å². The summed E-state index contributed by atoms with van der Waals surface area (Å²) >= 11 is 2.11. The smallest absolute Gasteiger partial charge is 0.271 e. The van der Waals surface area contributed by atoms with Gasteiger partial charge in [0.2, 0.25) is 0 Å². The quantitative estimate of drug-likeness (QED) is 0.428. The van der Waals surface area contributed by atoms with E-state index in [1.807, 2.05) is 37.2 Å². The van der Waals surface area contributed by atoms with E-state index in [4.69, 9.17) is 0 Å². The lowest BCUT2D eigenvalue weighted by Gasteiger charge is -2.22. The van der Waals surface area contributed by atoms with Gasteiger partial charge < -0.3 is 4.90 Å². The van der Waals surface area contributed by atoms with Crippen LogP contribution < -0.4 is 4.90 Å². The Morgan fingerprint density at radius 3 is 2.39 bits per heavy atom. The molecule has 1 nitrogen and oxygen atoms in total. The van der Waals surface area contributed by atoms with Crippen molar-refractivity contribution >= 4 is 35.8 Å². The maximum Gasteiger partial charge on any atom is 0.271 e. The van der Waals surface area contributed by atoms with Gasteiger partial charge in [0.05, 0.1) is 0 Å². The lowest BCUT2D eigenvalue weighted by Crippen LogP contribution is -2.13. The number of benzene rings is 2. The molecule has 0 saturated carbocycles. The minimum Gasteiger partial charge on any atom is -0.377 e. The van der Waals surface area contributed by atoms with Crippen LogP contribution in [-0.4, -0.2) is 14.1 Å². The van der Waals surface area contributed by atoms with Crippen molar-refractivity contribution in [1.82, 2.24) is 0 Å². The van der Waals surface area contributed by atoms with Gasteiger partial charge in [-0.05, 0) is 31.9 Å². The standard InChI is InChI=1S/C18H16F2INS/c1-18(19,20)16-7-5-4-6-14(16)15-9-8-13(10-11-23-21)12-17(15)22(2)3/h4-9,12H,1-3H3. The zero-order valence-corrected chi connectivity index (χ0v) is 16.0. The predicted molar refractivity (Wildman–Crippen MR) is 104 cm³/mol. The van der Waals surface area contributed by atoms with E-state index in [-0.39, 0.29) is 5.56 Å². The molecule has 0 spiro atoms. The van der Waals surface area contributed by atoms with Gasteiger partial charge in [0.25, 0.3) is 5.92 Å². The van der Waals surface area contributed by atoms with E-state index in [9.17, 15) is 8.78 Å². The second-order valence-corrected chi connectivity index (χ2v) is 7.04. The van der Waals surface area contributed by atoms with Gasteiger partial charge >= 0.3 is 0 Å². The summed E-state index contributed by atoms with van der Waals surface area (Å²) in [6.07, 6.45) is 0. The van der Waals surface area contributed by atoms with Crippen molar-refractivity contribution in [2.75, 3.05) is 19.0 Å². The topological polar surface area (TPSA) is 3.24 Å². The molecule has 2 rings (SSSR count). The van der Waals surface area contributed by atoms with Gasteiger partial charge in [0, 0.05) is 64.6 Å². The van der Waals surface area contributed by atoms with E-state index < -0.39 is 5.92 Å². The molecule has 23 heavy (non-hydrogen) atoms. The molecule has 0 saturated heterocycles. The highest BCUT2D eigenvalue weighted by Gasteiger charge is 2.28. The Kier molecular flexibility index (Phi) is 5.93. The third-order valence-electron chi connectivity index (χ3n) is 3.40. The molecule has 2 aromatic carbocycles. The van der Waals surface area contributed by atoms with E-state index in [1.165, 1.54) is 15.0 Å². The van der Waals surface area contributed by atoms with Gasteiger partial charge in [-0.15, -0.1) is 0 Å². The van der Waals surface area contributed by atoms with Crippen LogP contribution in [0.2, 0.25) is 0 Å². The van der Waals surface area contributed by atoms with Crippen LogP contribution in [0, 0.1) is 11.2 Å². The molecule has 0 aliphatic carbocycles. The van der Waals surface area contributed by atoms with Gasteiger partial charge in [-0.2, -0.15) is 0 Å². The molecule has 0 N–H and O–H groups in total. The Bertz CT molecular complexity index is 758. The first-order valence-corrected chi connectivity index (χ1v) is 10.3. The lowest BCUT2D eigenvalue weighted by molar-refractivity contribution is 0.0181. The number of anilines is 1. The number of nitrogens with zero attached hydrogens (tertiary/aromatic N) is 1. The average molecular weight is 443 g/mol. The highest BCUT2D eigenvalue weighted by atomic mass is 127. The molecule has 0 radical (unpaired) electrons. The molecule has 0 amide bonds. The Morgan fingerprint density at radius 1 is 1.09 bits per heavy atom. The summed E-state index contributed by atoms with van der Waals surface area (Å²) in [4.78, 5) is 1.92. The number of hydrogen-bond donors (Lipinski definition) is 0. The molecule has 0 aromatic heterocycles. The Morgan fingerprint density at radius 2 is 1.78 bits per heavy atom. The second-order valence-electron chi connectivity index (χ2n) is 5.36.